The van der Waals surface area contributed by atoms with E-state index in [1.54, 1.807) is 18.2 Å². The van der Waals surface area contributed by atoms with Crippen molar-refractivity contribution in [3.63, 3.8) is 0 Å². The molecule has 1 aliphatic heterocycles. The molecule has 3 nitrogen and oxygen atoms in total. The van der Waals surface area contributed by atoms with Crippen LogP contribution in [0.2, 0.25) is 0 Å². The zero-order valence-corrected chi connectivity index (χ0v) is 9.34. The standard InChI is InChI=1S/C11H12FNO2S/c12-8-4-2-1-3-7(8)10-13-9(11(14)15)5-6-16-10/h1-4,9-10,13H,5-6H2,(H,14,15). The maximum Gasteiger partial charge on any atom is 0.320 e. The van der Waals surface area contributed by atoms with Gasteiger partial charge in [-0.2, -0.15) is 0 Å². The number of carboxylic acids is 1. The zero-order valence-electron chi connectivity index (χ0n) is 8.52. The molecular formula is C11H12FNO2S. The van der Waals surface area contributed by atoms with E-state index in [0.717, 1.165) is 5.75 Å². The lowest BCUT2D eigenvalue weighted by atomic mass is 10.1. The molecule has 0 aliphatic carbocycles. The molecule has 0 aromatic heterocycles. The Morgan fingerprint density at radius 3 is 2.94 bits per heavy atom. The summed E-state index contributed by atoms with van der Waals surface area (Å²) >= 11 is 1.54. The van der Waals surface area contributed by atoms with Gasteiger partial charge in [0.15, 0.2) is 0 Å². The molecule has 86 valence electrons. The molecule has 1 heterocycles. The van der Waals surface area contributed by atoms with Crippen molar-refractivity contribution in [1.29, 1.82) is 0 Å². The van der Waals surface area contributed by atoms with Crippen LogP contribution in [0.3, 0.4) is 0 Å². The fourth-order valence-electron chi connectivity index (χ4n) is 1.68. The van der Waals surface area contributed by atoms with Gasteiger partial charge in [0.1, 0.15) is 11.9 Å². The summed E-state index contributed by atoms with van der Waals surface area (Å²) in [5.74, 6) is -0.441. The Kier molecular flexibility index (Phi) is 3.46. The monoisotopic (exact) mass is 241 g/mol. The van der Waals surface area contributed by atoms with Gasteiger partial charge in [0.2, 0.25) is 0 Å². The Labute approximate surface area is 97.0 Å². The van der Waals surface area contributed by atoms with Gasteiger partial charge in [0.25, 0.3) is 0 Å². The van der Waals surface area contributed by atoms with Gasteiger partial charge in [0, 0.05) is 5.56 Å². The summed E-state index contributed by atoms with van der Waals surface area (Å²) in [5, 5.41) is 11.6. The Balaban J connectivity index is 2.16. The highest BCUT2D eigenvalue weighted by Crippen LogP contribution is 2.32. The van der Waals surface area contributed by atoms with Crippen molar-refractivity contribution in [3.8, 4) is 0 Å². The molecule has 1 saturated heterocycles. The van der Waals surface area contributed by atoms with Crippen LogP contribution in [0, 0.1) is 5.82 Å². The number of halogens is 1. The van der Waals surface area contributed by atoms with E-state index >= 15 is 0 Å². The maximum atomic E-state index is 13.5. The summed E-state index contributed by atoms with van der Waals surface area (Å²) in [6.07, 6.45) is 0.574. The molecule has 2 unspecified atom stereocenters. The van der Waals surface area contributed by atoms with Gasteiger partial charge in [-0.05, 0) is 18.2 Å². The first kappa shape index (κ1) is 11.4. The predicted molar refractivity (Wildman–Crippen MR) is 60.8 cm³/mol. The average molecular weight is 241 g/mol. The van der Waals surface area contributed by atoms with Crippen LogP contribution < -0.4 is 5.32 Å². The number of nitrogens with one attached hydrogen (secondary N) is 1. The molecule has 0 amide bonds. The van der Waals surface area contributed by atoms with Crippen LogP contribution in [0.1, 0.15) is 17.4 Å². The Morgan fingerprint density at radius 2 is 2.25 bits per heavy atom. The average Bonchev–Trinajstić information content (AvgIpc) is 2.30. The van der Waals surface area contributed by atoms with Crippen LogP contribution in [0.5, 0.6) is 0 Å². The summed E-state index contributed by atoms with van der Waals surface area (Å²) in [5.41, 5.74) is 0.526. The lowest BCUT2D eigenvalue weighted by molar-refractivity contribution is -0.139. The van der Waals surface area contributed by atoms with Crippen molar-refractivity contribution < 1.29 is 14.3 Å². The normalized spacial score (nSPS) is 25.3. The van der Waals surface area contributed by atoms with E-state index in [1.807, 2.05) is 0 Å². The number of hydrogen-bond donors (Lipinski definition) is 2. The van der Waals surface area contributed by atoms with Gasteiger partial charge in [-0.1, -0.05) is 18.2 Å². The van der Waals surface area contributed by atoms with Gasteiger partial charge in [-0.25, -0.2) is 4.39 Å². The van der Waals surface area contributed by atoms with Crippen LogP contribution >= 0.6 is 11.8 Å². The summed E-state index contributed by atoms with van der Waals surface area (Å²) in [7, 11) is 0. The molecule has 0 spiro atoms. The van der Waals surface area contributed by atoms with Crippen molar-refractivity contribution in [3.05, 3.63) is 35.6 Å². The van der Waals surface area contributed by atoms with Crippen LogP contribution in [-0.4, -0.2) is 22.9 Å². The minimum Gasteiger partial charge on any atom is -0.480 e. The zero-order chi connectivity index (χ0) is 11.5. The highest BCUT2D eigenvalue weighted by Gasteiger charge is 2.28. The van der Waals surface area contributed by atoms with Crippen molar-refractivity contribution in [2.75, 3.05) is 5.75 Å². The molecule has 0 saturated carbocycles. The molecule has 16 heavy (non-hydrogen) atoms. The summed E-state index contributed by atoms with van der Waals surface area (Å²) < 4.78 is 13.5. The number of aliphatic carboxylic acids is 1. The number of carbonyl (C=O) groups is 1. The molecule has 0 bridgehead atoms. The van der Waals surface area contributed by atoms with E-state index in [4.69, 9.17) is 5.11 Å². The SMILES string of the molecule is O=C(O)C1CCSC(c2ccccc2F)N1. The first-order valence-corrected chi connectivity index (χ1v) is 6.08. The molecule has 1 aromatic rings. The van der Waals surface area contributed by atoms with E-state index in [0.29, 0.717) is 12.0 Å². The minimum atomic E-state index is -0.873. The summed E-state index contributed by atoms with van der Waals surface area (Å²) in [6, 6.07) is 5.88. The van der Waals surface area contributed by atoms with E-state index < -0.39 is 12.0 Å². The highest BCUT2D eigenvalue weighted by atomic mass is 32.2. The molecule has 1 aliphatic rings. The van der Waals surface area contributed by atoms with Crippen molar-refractivity contribution in [2.24, 2.45) is 0 Å². The highest BCUT2D eigenvalue weighted by molar-refractivity contribution is 7.99. The summed E-state index contributed by atoms with van der Waals surface area (Å²) in [6.45, 7) is 0. The largest absolute Gasteiger partial charge is 0.480 e. The first-order valence-electron chi connectivity index (χ1n) is 5.03. The topological polar surface area (TPSA) is 49.3 Å². The second-order valence-corrected chi connectivity index (χ2v) is 4.83. The Hall–Kier alpha value is -1.07. The maximum absolute atomic E-state index is 13.5. The van der Waals surface area contributed by atoms with E-state index in [1.165, 1.54) is 17.8 Å². The smallest absolute Gasteiger partial charge is 0.320 e. The fraction of sp³-hybridized carbons (Fsp3) is 0.364. The van der Waals surface area contributed by atoms with Crippen LogP contribution in [0.4, 0.5) is 4.39 Å². The van der Waals surface area contributed by atoms with E-state index in [-0.39, 0.29) is 11.2 Å². The van der Waals surface area contributed by atoms with E-state index in [9.17, 15) is 9.18 Å². The molecule has 2 atom stereocenters. The van der Waals surface area contributed by atoms with Crippen LogP contribution in [0.15, 0.2) is 24.3 Å². The second-order valence-electron chi connectivity index (χ2n) is 3.62. The van der Waals surface area contributed by atoms with Gasteiger partial charge >= 0.3 is 5.97 Å². The first-order chi connectivity index (χ1) is 7.68. The third-order valence-corrected chi connectivity index (χ3v) is 3.72. The van der Waals surface area contributed by atoms with E-state index in [2.05, 4.69) is 5.32 Å². The Morgan fingerprint density at radius 1 is 1.50 bits per heavy atom. The number of carboxylic acid groups (broad SMARTS) is 1. The van der Waals surface area contributed by atoms with Crippen LogP contribution in [-0.2, 0) is 4.79 Å². The quantitative estimate of drug-likeness (QED) is 0.831. The molecule has 2 rings (SSSR count). The molecule has 2 N–H and O–H groups in total. The van der Waals surface area contributed by atoms with Crippen molar-refractivity contribution >= 4 is 17.7 Å². The third-order valence-electron chi connectivity index (χ3n) is 2.53. The molecule has 1 aromatic carbocycles. The molecular weight excluding hydrogens is 229 g/mol. The number of hydrogen-bond acceptors (Lipinski definition) is 3. The molecule has 5 heteroatoms. The van der Waals surface area contributed by atoms with Gasteiger partial charge < -0.3 is 5.11 Å². The fourth-order valence-corrected chi connectivity index (χ4v) is 2.92. The number of thioether (sulfide) groups is 1. The van der Waals surface area contributed by atoms with Crippen molar-refractivity contribution in [1.82, 2.24) is 5.32 Å². The second kappa shape index (κ2) is 4.84. The van der Waals surface area contributed by atoms with Crippen LogP contribution in [0.25, 0.3) is 0 Å². The van der Waals surface area contributed by atoms with Gasteiger partial charge in [-0.15, -0.1) is 11.8 Å². The Bertz CT molecular complexity index is 399. The van der Waals surface area contributed by atoms with Gasteiger partial charge in [-0.3, -0.25) is 10.1 Å². The third kappa shape index (κ3) is 2.36. The number of rotatable bonds is 2. The predicted octanol–water partition coefficient (Wildman–Crippen LogP) is 2.00. The number of benzene rings is 1. The summed E-state index contributed by atoms with van der Waals surface area (Å²) in [4.78, 5) is 10.9. The van der Waals surface area contributed by atoms with Gasteiger partial charge in [0.05, 0.1) is 5.37 Å². The minimum absolute atomic E-state index is 0.268. The molecule has 1 fully saturated rings. The lowest BCUT2D eigenvalue weighted by Crippen LogP contribution is -2.42. The van der Waals surface area contributed by atoms with Crippen molar-refractivity contribution in [2.45, 2.75) is 17.8 Å². The lowest BCUT2D eigenvalue weighted by Gasteiger charge is -2.28. The molecule has 0 radical (unpaired) electrons.